The quantitative estimate of drug-likeness (QED) is 0.412. The zero-order valence-corrected chi connectivity index (χ0v) is 17.4. The Hall–Kier alpha value is -4.29. The first-order valence-electron chi connectivity index (χ1n) is 9.42. The van der Waals surface area contributed by atoms with Crippen LogP contribution < -0.4 is 26.5 Å². The molecule has 0 saturated carbocycles. The summed E-state index contributed by atoms with van der Waals surface area (Å²) in [7, 11) is 1.28. The van der Waals surface area contributed by atoms with E-state index in [-0.39, 0.29) is 36.3 Å². The molecule has 0 spiro atoms. The number of benzene rings is 1. The molecular formula is C20H19F2N5O6. The minimum Gasteiger partial charge on any atom is -0.493 e. The van der Waals surface area contributed by atoms with Crippen LogP contribution in [0.15, 0.2) is 62.4 Å². The Morgan fingerprint density at radius 1 is 1.03 bits per heavy atom. The Balaban J connectivity index is 1.99. The van der Waals surface area contributed by atoms with Gasteiger partial charge in [-0.05, 0) is 18.2 Å². The zero-order valence-electron chi connectivity index (χ0n) is 17.4. The third-order valence-corrected chi connectivity index (χ3v) is 4.41. The fourth-order valence-electron chi connectivity index (χ4n) is 2.96. The molecule has 0 fully saturated rings. The van der Waals surface area contributed by atoms with E-state index >= 15 is 0 Å². The summed E-state index contributed by atoms with van der Waals surface area (Å²) in [5.41, 5.74) is -2.21. The van der Waals surface area contributed by atoms with Crippen molar-refractivity contribution in [3.63, 3.8) is 0 Å². The number of hydrogen-bond donors (Lipinski definition) is 0. The molecule has 0 saturated heterocycles. The van der Waals surface area contributed by atoms with Crippen molar-refractivity contribution in [2.75, 3.05) is 7.11 Å². The number of aromatic nitrogens is 5. The highest BCUT2D eigenvalue weighted by molar-refractivity contribution is 5.60. The Bertz CT molecular complexity index is 1310. The molecule has 11 nitrogen and oxygen atoms in total. The lowest BCUT2D eigenvalue weighted by Crippen LogP contribution is -2.54. The topological polar surface area (TPSA) is 123 Å². The SMILES string of the molecule is C=CCn1c(=O)n(CC=C)c(=O)n(Cc2nc(-c3ccc(OC(F)F)c(OC)c3)no2)c1=O. The molecule has 33 heavy (non-hydrogen) atoms. The van der Waals surface area contributed by atoms with E-state index in [1.54, 1.807) is 0 Å². The van der Waals surface area contributed by atoms with Crippen molar-refractivity contribution in [3.8, 4) is 22.9 Å². The normalized spacial score (nSPS) is 10.9. The maximum atomic E-state index is 12.7. The molecule has 3 rings (SSSR count). The summed E-state index contributed by atoms with van der Waals surface area (Å²) in [4.78, 5) is 42.0. The molecule has 0 amide bonds. The van der Waals surface area contributed by atoms with Crippen LogP contribution in [0, 0.1) is 0 Å². The zero-order chi connectivity index (χ0) is 24.1. The molecule has 0 atom stereocenters. The maximum absolute atomic E-state index is 12.7. The Labute approximate surface area is 184 Å². The van der Waals surface area contributed by atoms with Gasteiger partial charge in [0.25, 0.3) is 0 Å². The van der Waals surface area contributed by atoms with Crippen molar-refractivity contribution in [2.24, 2.45) is 0 Å². The number of allylic oxidation sites excluding steroid dienone is 2. The van der Waals surface area contributed by atoms with Gasteiger partial charge in [-0.3, -0.25) is 0 Å². The van der Waals surface area contributed by atoms with E-state index in [1.807, 2.05) is 0 Å². The van der Waals surface area contributed by atoms with Crippen LogP contribution in [0.1, 0.15) is 5.89 Å². The number of ether oxygens (including phenoxy) is 2. The largest absolute Gasteiger partial charge is 0.493 e. The lowest BCUT2D eigenvalue weighted by molar-refractivity contribution is -0.0512. The van der Waals surface area contributed by atoms with Crippen LogP contribution in [0.2, 0.25) is 0 Å². The van der Waals surface area contributed by atoms with Gasteiger partial charge in [0.1, 0.15) is 6.54 Å². The minimum atomic E-state index is -3.03. The molecule has 1 aromatic carbocycles. The first-order valence-corrected chi connectivity index (χ1v) is 9.42. The molecule has 0 N–H and O–H groups in total. The van der Waals surface area contributed by atoms with Crippen molar-refractivity contribution >= 4 is 0 Å². The summed E-state index contributed by atoms with van der Waals surface area (Å²) >= 11 is 0. The van der Waals surface area contributed by atoms with Crippen LogP contribution in [0.3, 0.4) is 0 Å². The van der Waals surface area contributed by atoms with Crippen LogP contribution in [-0.2, 0) is 19.6 Å². The average Bonchev–Trinajstić information content (AvgIpc) is 3.26. The Kier molecular flexibility index (Phi) is 7.00. The van der Waals surface area contributed by atoms with Gasteiger partial charge in [0.15, 0.2) is 11.5 Å². The highest BCUT2D eigenvalue weighted by atomic mass is 19.3. The van der Waals surface area contributed by atoms with Gasteiger partial charge in [-0.1, -0.05) is 17.3 Å². The summed E-state index contributed by atoms with van der Waals surface area (Å²) in [6.07, 6.45) is 2.69. The van der Waals surface area contributed by atoms with Crippen LogP contribution in [0.4, 0.5) is 8.78 Å². The lowest BCUT2D eigenvalue weighted by atomic mass is 10.2. The van der Waals surface area contributed by atoms with E-state index in [0.29, 0.717) is 5.56 Å². The summed E-state index contributed by atoms with van der Waals surface area (Å²) < 4.78 is 42.0. The van der Waals surface area contributed by atoms with Gasteiger partial charge in [-0.2, -0.15) is 13.8 Å². The van der Waals surface area contributed by atoms with E-state index in [0.717, 1.165) is 13.7 Å². The van der Waals surface area contributed by atoms with Gasteiger partial charge >= 0.3 is 23.7 Å². The highest BCUT2D eigenvalue weighted by Gasteiger charge is 2.19. The molecule has 0 aliphatic heterocycles. The summed E-state index contributed by atoms with van der Waals surface area (Å²) in [6.45, 7) is 3.34. The molecule has 3 aromatic rings. The first kappa shape index (κ1) is 23.4. The first-order chi connectivity index (χ1) is 15.8. The minimum absolute atomic E-state index is 0.0131. The van der Waals surface area contributed by atoms with Crippen molar-refractivity contribution in [1.82, 2.24) is 23.8 Å². The van der Waals surface area contributed by atoms with Gasteiger partial charge in [-0.15, -0.1) is 13.2 Å². The highest BCUT2D eigenvalue weighted by Crippen LogP contribution is 2.32. The van der Waals surface area contributed by atoms with Gasteiger partial charge in [0, 0.05) is 5.56 Å². The standard InChI is InChI=1S/C20H19F2N5O6/c1-4-8-25-18(28)26(9-5-2)20(30)27(19(25)29)11-15-23-16(24-33-15)12-6-7-13(32-17(21)22)14(10-12)31-3/h4-7,10,17H,1-2,8-9,11H2,3H3. The number of methoxy groups -OCH3 is 1. The number of nitrogens with zero attached hydrogens (tertiary/aromatic N) is 5. The molecule has 0 aliphatic carbocycles. The second kappa shape index (κ2) is 9.89. The van der Waals surface area contributed by atoms with E-state index in [4.69, 9.17) is 9.26 Å². The molecule has 2 aromatic heterocycles. The van der Waals surface area contributed by atoms with Crippen molar-refractivity contribution < 1.29 is 22.8 Å². The molecule has 13 heteroatoms. The van der Waals surface area contributed by atoms with Crippen LogP contribution in [0.25, 0.3) is 11.4 Å². The fraction of sp³-hybridized carbons (Fsp3) is 0.250. The Morgan fingerprint density at radius 2 is 1.64 bits per heavy atom. The predicted molar refractivity (Wildman–Crippen MR) is 112 cm³/mol. The number of rotatable bonds is 10. The van der Waals surface area contributed by atoms with Crippen LogP contribution in [0.5, 0.6) is 11.5 Å². The number of alkyl halides is 2. The number of hydrogen-bond acceptors (Lipinski definition) is 8. The van der Waals surface area contributed by atoms with Gasteiger partial charge in [0.2, 0.25) is 11.7 Å². The fourth-order valence-corrected chi connectivity index (χ4v) is 2.96. The summed E-state index contributed by atoms with van der Waals surface area (Å²) in [5, 5.41) is 3.79. The smallest absolute Gasteiger partial charge is 0.387 e. The third kappa shape index (κ3) is 4.81. The van der Waals surface area contributed by atoms with Crippen molar-refractivity contribution in [3.05, 3.63) is 80.9 Å². The molecule has 174 valence electrons. The van der Waals surface area contributed by atoms with Crippen molar-refractivity contribution in [2.45, 2.75) is 26.2 Å². The van der Waals surface area contributed by atoms with E-state index < -0.39 is 30.2 Å². The summed E-state index contributed by atoms with van der Waals surface area (Å²) in [6, 6.07) is 4.02. The predicted octanol–water partition coefficient (Wildman–Crippen LogP) is 1.25. The molecule has 0 radical (unpaired) electrons. The van der Waals surface area contributed by atoms with Crippen LogP contribution >= 0.6 is 0 Å². The Morgan fingerprint density at radius 3 is 2.18 bits per heavy atom. The van der Waals surface area contributed by atoms with Gasteiger partial charge < -0.3 is 14.0 Å². The second-order valence-corrected chi connectivity index (χ2v) is 6.49. The number of halogens is 2. The summed E-state index contributed by atoms with van der Waals surface area (Å²) in [5.74, 6) is -0.228. The molecule has 0 unspecified atom stereocenters. The molecule has 0 bridgehead atoms. The van der Waals surface area contributed by atoms with Crippen LogP contribution in [-0.4, -0.2) is 37.6 Å². The monoisotopic (exact) mass is 463 g/mol. The molecule has 2 heterocycles. The van der Waals surface area contributed by atoms with Gasteiger partial charge in [0.05, 0.1) is 20.2 Å². The average molecular weight is 463 g/mol. The maximum Gasteiger partial charge on any atom is 0.387 e. The molecule has 0 aliphatic rings. The van der Waals surface area contributed by atoms with E-state index in [1.165, 1.54) is 37.5 Å². The molecular weight excluding hydrogens is 444 g/mol. The lowest BCUT2D eigenvalue weighted by Gasteiger charge is -2.10. The second-order valence-electron chi connectivity index (χ2n) is 6.49. The van der Waals surface area contributed by atoms with E-state index in [2.05, 4.69) is 28.0 Å². The third-order valence-electron chi connectivity index (χ3n) is 4.41. The van der Waals surface area contributed by atoms with Gasteiger partial charge in [-0.25, -0.2) is 28.1 Å². The van der Waals surface area contributed by atoms with Crippen molar-refractivity contribution in [1.29, 1.82) is 0 Å². The van der Waals surface area contributed by atoms with E-state index in [9.17, 15) is 23.2 Å².